The molecule has 1 amide bonds. The lowest BCUT2D eigenvalue weighted by Gasteiger charge is -2.20. The maximum atomic E-state index is 11.8. The molecule has 1 aliphatic heterocycles. The summed E-state index contributed by atoms with van der Waals surface area (Å²) in [4.78, 5) is 14.3. The van der Waals surface area contributed by atoms with Crippen LogP contribution in [-0.4, -0.2) is 29.4 Å². The Labute approximate surface area is 145 Å². The number of likely N-dealkylation sites (tertiary alicyclic amines) is 1. The predicted molar refractivity (Wildman–Crippen MR) is 95.6 cm³/mol. The van der Waals surface area contributed by atoms with Gasteiger partial charge in [0.25, 0.3) is 0 Å². The van der Waals surface area contributed by atoms with Crippen LogP contribution in [0, 0.1) is 0 Å². The van der Waals surface area contributed by atoms with E-state index >= 15 is 0 Å². The molecule has 6 heteroatoms. The van der Waals surface area contributed by atoms with E-state index in [1.54, 1.807) is 13.8 Å². The highest BCUT2D eigenvalue weighted by atomic mass is 35.5. The van der Waals surface area contributed by atoms with Crippen molar-refractivity contribution < 1.29 is 4.79 Å². The fraction of sp³-hybridized carbons (Fsp3) is 0.562. The van der Waals surface area contributed by atoms with Crippen molar-refractivity contribution >= 4 is 30.7 Å². The van der Waals surface area contributed by atoms with Gasteiger partial charge in [0.1, 0.15) is 0 Å². The molecule has 1 aromatic rings. The van der Waals surface area contributed by atoms with Gasteiger partial charge < -0.3 is 11.1 Å². The number of nitrogens with two attached hydrogens (primary N) is 1. The van der Waals surface area contributed by atoms with Crippen molar-refractivity contribution in [1.29, 1.82) is 0 Å². The molecule has 1 heterocycles. The molecule has 0 spiro atoms. The van der Waals surface area contributed by atoms with Crippen molar-refractivity contribution in [3.63, 3.8) is 0 Å². The van der Waals surface area contributed by atoms with Gasteiger partial charge in [-0.25, -0.2) is 0 Å². The summed E-state index contributed by atoms with van der Waals surface area (Å²) in [6, 6.07) is 8.30. The van der Waals surface area contributed by atoms with Crippen molar-refractivity contribution in [2.24, 2.45) is 5.73 Å². The molecule has 1 aromatic carbocycles. The second kappa shape index (κ2) is 9.36. The van der Waals surface area contributed by atoms with Crippen LogP contribution in [0.2, 0.25) is 0 Å². The third kappa shape index (κ3) is 6.13. The Bertz CT molecular complexity index is 469. The van der Waals surface area contributed by atoms with Crippen LogP contribution in [0.1, 0.15) is 37.8 Å². The van der Waals surface area contributed by atoms with Gasteiger partial charge in [0.05, 0.1) is 5.54 Å². The van der Waals surface area contributed by atoms with E-state index < -0.39 is 5.54 Å². The Hall–Kier alpha value is -0.810. The summed E-state index contributed by atoms with van der Waals surface area (Å²) in [5.41, 5.74) is 7.44. The fourth-order valence-electron chi connectivity index (χ4n) is 2.47. The van der Waals surface area contributed by atoms with Gasteiger partial charge in [0, 0.05) is 13.1 Å². The van der Waals surface area contributed by atoms with Crippen LogP contribution in [0.4, 0.5) is 0 Å². The highest BCUT2D eigenvalue weighted by Gasteiger charge is 2.21. The number of carbonyl (C=O) groups is 1. The van der Waals surface area contributed by atoms with E-state index in [4.69, 9.17) is 5.73 Å². The van der Waals surface area contributed by atoms with E-state index in [0.29, 0.717) is 6.54 Å². The zero-order valence-electron chi connectivity index (χ0n) is 13.3. The standard InChI is InChI=1S/C16H25N3O.2ClH/c1-16(2,17)15(20)18-11-13-7-3-4-8-14(13)12-19-9-5-6-10-19;;/h3-4,7-8H,5-6,9-12,17H2,1-2H3,(H,18,20);2*1H. The third-order valence-electron chi connectivity index (χ3n) is 3.74. The Kier molecular flexibility index (Phi) is 9.01. The number of hydrogen-bond donors (Lipinski definition) is 2. The molecule has 1 saturated heterocycles. The van der Waals surface area contributed by atoms with E-state index in [9.17, 15) is 4.79 Å². The van der Waals surface area contributed by atoms with Crippen LogP contribution >= 0.6 is 24.8 Å². The largest absolute Gasteiger partial charge is 0.350 e. The van der Waals surface area contributed by atoms with E-state index in [0.717, 1.165) is 6.54 Å². The van der Waals surface area contributed by atoms with Gasteiger partial charge in [0.2, 0.25) is 5.91 Å². The molecule has 2 rings (SSSR count). The van der Waals surface area contributed by atoms with Crippen molar-refractivity contribution in [3.8, 4) is 0 Å². The summed E-state index contributed by atoms with van der Waals surface area (Å²) in [7, 11) is 0. The van der Waals surface area contributed by atoms with E-state index in [1.807, 2.05) is 6.07 Å². The highest BCUT2D eigenvalue weighted by molar-refractivity contribution is 5.86. The van der Waals surface area contributed by atoms with Crippen LogP contribution in [-0.2, 0) is 17.9 Å². The first-order valence-corrected chi connectivity index (χ1v) is 7.33. The van der Waals surface area contributed by atoms with Crippen molar-refractivity contribution in [2.75, 3.05) is 13.1 Å². The van der Waals surface area contributed by atoms with Crippen LogP contribution in [0.15, 0.2) is 24.3 Å². The first-order valence-electron chi connectivity index (χ1n) is 7.33. The van der Waals surface area contributed by atoms with Gasteiger partial charge in [-0.05, 0) is 50.9 Å². The number of rotatable bonds is 5. The minimum atomic E-state index is -0.829. The maximum Gasteiger partial charge on any atom is 0.239 e. The van der Waals surface area contributed by atoms with Gasteiger partial charge in [-0.15, -0.1) is 24.8 Å². The summed E-state index contributed by atoms with van der Waals surface area (Å²) in [6.07, 6.45) is 2.58. The minimum absolute atomic E-state index is 0. The van der Waals surface area contributed by atoms with Crippen LogP contribution in [0.3, 0.4) is 0 Å². The molecule has 0 bridgehead atoms. The first kappa shape index (κ1) is 21.2. The molecule has 0 aromatic heterocycles. The molecule has 0 radical (unpaired) electrons. The third-order valence-corrected chi connectivity index (χ3v) is 3.74. The average Bonchev–Trinajstić information content (AvgIpc) is 2.89. The highest BCUT2D eigenvalue weighted by Crippen LogP contribution is 2.16. The molecular formula is C16H27Cl2N3O. The molecule has 0 aliphatic carbocycles. The van der Waals surface area contributed by atoms with Crippen molar-refractivity contribution in [2.45, 2.75) is 45.3 Å². The lowest BCUT2D eigenvalue weighted by molar-refractivity contribution is -0.125. The molecule has 0 unspecified atom stereocenters. The van der Waals surface area contributed by atoms with Gasteiger partial charge in [-0.2, -0.15) is 0 Å². The minimum Gasteiger partial charge on any atom is -0.350 e. The van der Waals surface area contributed by atoms with Gasteiger partial charge in [-0.3, -0.25) is 9.69 Å². The predicted octanol–water partition coefficient (Wildman–Crippen LogP) is 2.48. The zero-order chi connectivity index (χ0) is 14.6. The number of carbonyl (C=O) groups excluding carboxylic acids is 1. The Morgan fingerprint density at radius 2 is 1.73 bits per heavy atom. The van der Waals surface area contributed by atoms with Crippen LogP contribution < -0.4 is 11.1 Å². The monoisotopic (exact) mass is 347 g/mol. The molecule has 0 saturated carbocycles. The molecule has 22 heavy (non-hydrogen) atoms. The zero-order valence-corrected chi connectivity index (χ0v) is 14.9. The lowest BCUT2D eigenvalue weighted by atomic mass is 10.0. The Morgan fingerprint density at radius 1 is 1.18 bits per heavy atom. The lowest BCUT2D eigenvalue weighted by Crippen LogP contribution is -2.48. The summed E-state index contributed by atoms with van der Waals surface area (Å²) in [5, 5.41) is 2.92. The summed E-state index contributed by atoms with van der Waals surface area (Å²) >= 11 is 0. The first-order chi connectivity index (χ1) is 9.47. The Morgan fingerprint density at radius 3 is 2.27 bits per heavy atom. The Balaban J connectivity index is 0.00000220. The molecule has 3 N–H and O–H groups in total. The number of benzene rings is 1. The SMILES string of the molecule is CC(C)(N)C(=O)NCc1ccccc1CN1CCCC1.Cl.Cl. The summed E-state index contributed by atoms with van der Waals surface area (Å²) in [6.45, 7) is 7.31. The molecule has 126 valence electrons. The number of hydrogen-bond acceptors (Lipinski definition) is 3. The van der Waals surface area contributed by atoms with E-state index in [-0.39, 0.29) is 30.7 Å². The van der Waals surface area contributed by atoms with Crippen molar-refractivity contribution in [3.05, 3.63) is 35.4 Å². The average molecular weight is 348 g/mol. The van der Waals surface area contributed by atoms with Crippen molar-refractivity contribution in [1.82, 2.24) is 10.2 Å². The summed E-state index contributed by atoms with van der Waals surface area (Å²) in [5.74, 6) is -0.117. The smallest absolute Gasteiger partial charge is 0.239 e. The summed E-state index contributed by atoms with van der Waals surface area (Å²) < 4.78 is 0. The van der Waals surface area contributed by atoms with Gasteiger partial charge in [-0.1, -0.05) is 24.3 Å². The quantitative estimate of drug-likeness (QED) is 0.860. The number of nitrogens with zero attached hydrogens (tertiary/aromatic N) is 1. The van der Waals surface area contributed by atoms with Crippen LogP contribution in [0.5, 0.6) is 0 Å². The van der Waals surface area contributed by atoms with E-state index in [1.165, 1.54) is 37.1 Å². The van der Waals surface area contributed by atoms with Gasteiger partial charge in [0.15, 0.2) is 0 Å². The second-order valence-electron chi connectivity index (χ2n) is 6.16. The number of amides is 1. The van der Waals surface area contributed by atoms with Crippen LogP contribution in [0.25, 0.3) is 0 Å². The number of halogens is 2. The molecule has 1 fully saturated rings. The number of nitrogens with one attached hydrogen (secondary N) is 1. The van der Waals surface area contributed by atoms with Gasteiger partial charge >= 0.3 is 0 Å². The fourth-order valence-corrected chi connectivity index (χ4v) is 2.47. The molecule has 1 aliphatic rings. The maximum absolute atomic E-state index is 11.8. The molecule has 4 nitrogen and oxygen atoms in total. The normalized spacial score (nSPS) is 14.9. The van der Waals surface area contributed by atoms with E-state index in [2.05, 4.69) is 28.4 Å². The molecular weight excluding hydrogens is 321 g/mol. The second-order valence-corrected chi connectivity index (χ2v) is 6.16. The molecule has 0 atom stereocenters. The topological polar surface area (TPSA) is 58.4 Å².